The van der Waals surface area contributed by atoms with Crippen molar-refractivity contribution in [3.63, 3.8) is 0 Å². The highest BCUT2D eigenvalue weighted by Gasteiger charge is 2.10. The molecule has 0 aliphatic rings. The molecule has 0 aromatic carbocycles. The first-order valence-electron chi connectivity index (χ1n) is 7.13. The van der Waals surface area contributed by atoms with Crippen molar-refractivity contribution in [1.29, 1.82) is 0 Å². The van der Waals surface area contributed by atoms with Crippen LogP contribution >= 0.6 is 11.8 Å². The number of hydrogen-bond acceptors (Lipinski definition) is 4. The van der Waals surface area contributed by atoms with Gasteiger partial charge in [-0.1, -0.05) is 6.92 Å². The molecule has 0 heterocycles. The summed E-state index contributed by atoms with van der Waals surface area (Å²) in [4.78, 5) is 2.47. The molecule has 0 aromatic rings. The second-order valence-corrected chi connectivity index (χ2v) is 5.93. The molecule has 0 rings (SSSR count). The fourth-order valence-corrected chi connectivity index (χ4v) is 2.70. The maximum atomic E-state index is 5.50. The van der Waals surface area contributed by atoms with E-state index in [2.05, 4.69) is 44.3 Å². The Bertz CT molecular complexity index is 179. The number of nitrogens with zero attached hydrogens (tertiary/aromatic N) is 1. The molecular formula is C14H32N2OS. The molecule has 18 heavy (non-hydrogen) atoms. The van der Waals surface area contributed by atoms with Crippen LogP contribution in [-0.4, -0.2) is 62.3 Å². The average molecular weight is 276 g/mol. The first-order chi connectivity index (χ1) is 8.61. The van der Waals surface area contributed by atoms with Crippen LogP contribution < -0.4 is 5.32 Å². The molecule has 0 saturated carbocycles. The predicted octanol–water partition coefficient (Wildman–Crippen LogP) is 2.46. The summed E-state index contributed by atoms with van der Waals surface area (Å²) in [5.41, 5.74) is 0. The molecule has 4 heteroatoms. The first-order valence-corrected chi connectivity index (χ1v) is 8.52. The third kappa shape index (κ3) is 10.2. The van der Waals surface area contributed by atoms with Crippen molar-refractivity contribution in [2.45, 2.75) is 45.8 Å². The van der Waals surface area contributed by atoms with Crippen molar-refractivity contribution in [1.82, 2.24) is 10.2 Å². The summed E-state index contributed by atoms with van der Waals surface area (Å²) in [6.07, 6.45) is 4.88. The van der Waals surface area contributed by atoms with Gasteiger partial charge < -0.3 is 15.0 Å². The second-order valence-electron chi connectivity index (χ2n) is 5.02. The molecule has 0 bridgehead atoms. The Morgan fingerprint density at radius 2 is 2.00 bits per heavy atom. The minimum atomic E-state index is 0.355. The predicted molar refractivity (Wildman–Crippen MR) is 83.7 cm³/mol. The van der Waals surface area contributed by atoms with E-state index >= 15 is 0 Å². The van der Waals surface area contributed by atoms with Gasteiger partial charge in [-0.25, -0.2) is 0 Å². The Kier molecular flexibility index (Phi) is 12.4. The van der Waals surface area contributed by atoms with Crippen LogP contribution in [-0.2, 0) is 4.74 Å². The fourth-order valence-electron chi connectivity index (χ4n) is 1.83. The highest BCUT2D eigenvalue weighted by Crippen LogP contribution is 2.07. The molecule has 0 aliphatic carbocycles. The Morgan fingerprint density at radius 1 is 1.28 bits per heavy atom. The lowest BCUT2D eigenvalue weighted by molar-refractivity contribution is 0.0770. The van der Waals surface area contributed by atoms with Gasteiger partial charge in [0.1, 0.15) is 0 Å². The van der Waals surface area contributed by atoms with E-state index in [1.54, 1.807) is 0 Å². The second kappa shape index (κ2) is 12.3. The Hall–Kier alpha value is 0.230. The molecule has 1 N–H and O–H groups in total. The fraction of sp³-hybridized carbons (Fsp3) is 1.00. The van der Waals surface area contributed by atoms with Crippen LogP contribution in [0.2, 0.25) is 0 Å². The lowest BCUT2D eigenvalue weighted by atomic mass is 10.2. The minimum Gasteiger partial charge on any atom is -0.379 e. The number of hydrogen-bond donors (Lipinski definition) is 1. The average Bonchev–Trinajstić information content (AvgIpc) is 2.34. The van der Waals surface area contributed by atoms with E-state index in [9.17, 15) is 0 Å². The summed E-state index contributed by atoms with van der Waals surface area (Å²) < 4.78 is 5.50. The molecule has 0 radical (unpaired) electrons. The van der Waals surface area contributed by atoms with Gasteiger partial charge >= 0.3 is 0 Å². The summed E-state index contributed by atoms with van der Waals surface area (Å²) in [6, 6.07) is 0.714. The largest absolute Gasteiger partial charge is 0.379 e. The highest BCUT2D eigenvalue weighted by atomic mass is 32.2. The first kappa shape index (κ1) is 18.2. The number of thioether (sulfide) groups is 1. The third-order valence-electron chi connectivity index (χ3n) is 3.04. The topological polar surface area (TPSA) is 24.5 Å². The van der Waals surface area contributed by atoms with Gasteiger partial charge in [0.25, 0.3) is 0 Å². The molecule has 0 spiro atoms. The summed E-state index contributed by atoms with van der Waals surface area (Å²) in [6.45, 7) is 10.6. The smallest absolute Gasteiger partial charge is 0.0518 e. The van der Waals surface area contributed by atoms with Crippen LogP contribution in [0.4, 0.5) is 0 Å². The summed E-state index contributed by atoms with van der Waals surface area (Å²) in [7, 11) is 2.23. The zero-order chi connectivity index (χ0) is 13.8. The molecule has 0 aromatic heterocycles. The molecular weight excluding hydrogens is 244 g/mol. The van der Waals surface area contributed by atoms with E-state index in [1.165, 1.54) is 12.2 Å². The summed E-state index contributed by atoms with van der Waals surface area (Å²) in [5, 5.41) is 3.48. The quantitative estimate of drug-likeness (QED) is 0.554. The minimum absolute atomic E-state index is 0.355. The molecule has 0 saturated heterocycles. The van der Waals surface area contributed by atoms with E-state index in [0.717, 1.165) is 32.7 Å². The van der Waals surface area contributed by atoms with Crippen LogP contribution in [0.5, 0.6) is 0 Å². The highest BCUT2D eigenvalue weighted by molar-refractivity contribution is 7.98. The molecule has 3 nitrogen and oxygen atoms in total. The lowest BCUT2D eigenvalue weighted by Gasteiger charge is -2.26. The van der Waals surface area contributed by atoms with Gasteiger partial charge in [0.2, 0.25) is 0 Å². The normalized spacial score (nSPS) is 13.5. The van der Waals surface area contributed by atoms with Gasteiger partial charge in [-0.3, -0.25) is 0 Å². The van der Waals surface area contributed by atoms with Crippen molar-refractivity contribution < 1.29 is 4.74 Å². The number of rotatable bonds is 12. The molecule has 1 atom stereocenters. The summed E-state index contributed by atoms with van der Waals surface area (Å²) in [5.74, 6) is 1.23. The molecule has 0 fully saturated rings. The van der Waals surface area contributed by atoms with Crippen LogP contribution in [0.15, 0.2) is 0 Å². The molecule has 0 amide bonds. The number of nitrogens with one attached hydrogen (secondary N) is 1. The van der Waals surface area contributed by atoms with E-state index in [4.69, 9.17) is 4.74 Å². The van der Waals surface area contributed by atoms with Gasteiger partial charge in [0, 0.05) is 31.5 Å². The maximum Gasteiger partial charge on any atom is 0.0518 e. The maximum absolute atomic E-state index is 5.50. The van der Waals surface area contributed by atoms with Crippen molar-refractivity contribution in [3.8, 4) is 0 Å². The molecule has 1 unspecified atom stereocenters. The summed E-state index contributed by atoms with van der Waals surface area (Å²) >= 11 is 1.94. The monoisotopic (exact) mass is 276 g/mol. The lowest BCUT2D eigenvalue weighted by Crippen LogP contribution is -2.38. The van der Waals surface area contributed by atoms with Crippen molar-refractivity contribution in [3.05, 3.63) is 0 Å². The SMILES string of the molecule is CCC(CSC)N(C)CCNCCCOC(C)C. The van der Waals surface area contributed by atoms with Gasteiger partial charge in [0.15, 0.2) is 0 Å². The van der Waals surface area contributed by atoms with Gasteiger partial charge in [-0.15, -0.1) is 0 Å². The van der Waals surface area contributed by atoms with Crippen molar-refractivity contribution in [2.75, 3.05) is 45.3 Å². The zero-order valence-corrected chi connectivity index (χ0v) is 13.7. The molecule has 110 valence electrons. The van der Waals surface area contributed by atoms with E-state index < -0.39 is 0 Å². The standard InChI is InChI=1S/C14H32N2OS/c1-6-14(12-18-5)16(4)10-9-15-8-7-11-17-13(2)3/h13-15H,6-12H2,1-5H3. The van der Waals surface area contributed by atoms with E-state index in [0.29, 0.717) is 12.1 Å². The van der Waals surface area contributed by atoms with Gasteiger partial charge in [0.05, 0.1) is 6.10 Å². The van der Waals surface area contributed by atoms with Crippen LogP contribution in [0, 0.1) is 0 Å². The van der Waals surface area contributed by atoms with Gasteiger partial charge in [-0.2, -0.15) is 11.8 Å². The third-order valence-corrected chi connectivity index (χ3v) is 3.76. The Balaban J connectivity index is 3.41. The Labute approximate surface area is 118 Å². The Morgan fingerprint density at radius 3 is 2.56 bits per heavy atom. The van der Waals surface area contributed by atoms with Crippen molar-refractivity contribution in [2.24, 2.45) is 0 Å². The number of ether oxygens (including phenoxy) is 1. The number of likely N-dealkylation sites (N-methyl/N-ethyl adjacent to an activating group) is 1. The van der Waals surface area contributed by atoms with E-state index in [-0.39, 0.29) is 0 Å². The van der Waals surface area contributed by atoms with Crippen LogP contribution in [0.3, 0.4) is 0 Å². The van der Waals surface area contributed by atoms with E-state index in [1.807, 2.05) is 11.8 Å². The van der Waals surface area contributed by atoms with Crippen LogP contribution in [0.1, 0.15) is 33.6 Å². The molecule has 0 aliphatic heterocycles. The van der Waals surface area contributed by atoms with Gasteiger partial charge in [-0.05, 0) is 46.5 Å². The van der Waals surface area contributed by atoms with Crippen molar-refractivity contribution >= 4 is 11.8 Å². The van der Waals surface area contributed by atoms with Crippen LogP contribution in [0.25, 0.3) is 0 Å². The zero-order valence-electron chi connectivity index (χ0n) is 12.9.